The van der Waals surface area contributed by atoms with Crippen LogP contribution >= 0.6 is 11.3 Å². The maximum atomic E-state index is 12.1. The molecule has 3 N–H and O–H groups in total. The van der Waals surface area contributed by atoms with Crippen molar-refractivity contribution in [2.24, 2.45) is 0 Å². The van der Waals surface area contributed by atoms with Gasteiger partial charge < -0.3 is 11.1 Å². The summed E-state index contributed by atoms with van der Waals surface area (Å²) in [6, 6.07) is 7.79. The zero-order valence-electron chi connectivity index (χ0n) is 11.2. The lowest BCUT2D eigenvalue weighted by molar-refractivity contribution is 0.102. The zero-order valence-corrected chi connectivity index (χ0v) is 12.0. The maximum absolute atomic E-state index is 12.1. The summed E-state index contributed by atoms with van der Waals surface area (Å²) in [5.74, 6) is -0.232. The normalized spacial score (nSPS) is 11.3. The van der Waals surface area contributed by atoms with Gasteiger partial charge in [-0.05, 0) is 17.0 Å². The molecule has 0 spiro atoms. The fourth-order valence-corrected chi connectivity index (χ4v) is 2.37. The van der Waals surface area contributed by atoms with Crippen LogP contribution < -0.4 is 11.1 Å². The Morgan fingerprint density at radius 2 is 2.00 bits per heavy atom. The molecule has 1 aromatic carbocycles. The van der Waals surface area contributed by atoms with Crippen LogP contribution in [-0.2, 0) is 5.41 Å². The average Bonchev–Trinajstić information content (AvgIpc) is 2.75. The molecule has 0 bridgehead atoms. The van der Waals surface area contributed by atoms with Crippen LogP contribution in [0.25, 0.3) is 0 Å². The van der Waals surface area contributed by atoms with E-state index in [2.05, 4.69) is 31.1 Å². The number of nitrogens with zero attached hydrogens (tertiary/aromatic N) is 1. The van der Waals surface area contributed by atoms with Crippen molar-refractivity contribution in [3.05, 3.63) is 40.9 Å². The van der Waals surface area contributed by atoms with Gasteiger partial charge in [-0.1, -0.05) is 39.0 Å². The molecule has 0 saturated carbocycles. The molecular formula is C14H17N3OS. The van der Waals surface area contributed by atoms with Crippen LogP contribution in [0.2, 0.25) is 0 Å². The summed E-state index contributed by atoms with van der Waals surface area (Å²) in [6.07, 6.45) is 0. The van der Waals surface area contributed by atoms with E-state index >= 15 is 0 Å². The quantitative estimate of drug-likeness (QED) is 0.883. The SMILES string of the molecule is CC(C)(C)c1ccccc1NC(=O)c1csc(N)n1. The van der Waals surface area contributed by atoms with Crippen LogP contribution in [0, 0.1) is 0 Å². The molecule has 5 heteroatoms. The predicted molar refractivity (Wildman–Crippen MR) is 79.6 cm³/mol. The summed E-state index contributed by atoms with van der Waals surface area (Å²) < 4.78 is 0. The molecule has 2 rings (SSSR count). The molecule has 0 radical (unpaired) electrons. The number of thiazole rings is 1. The van der Waals surface area contributed by atoms with Gasteiger partial charge in [-0.2, -0.15) is 0 Å². The molecule has 1 aromatic heterocycles. The highest BCUT2D eigenvalue weighted by molar-refractivity contribution is 7.13. The third kappa shape index (κ3) is 3.12. The van der Waals surface area contributed by atoms with Crippen molar-refractivity contribution in [2.75, 3.05) is 11.1 Å². The molecule has 1 heterocycles. The molecule has 0 aliphatic heterocycles. The van der Waals surface area contributed by atoms with Gasteiger partial charge in [-0.3, -0.25) is 4.79 Å². The molecule has 2 aromatic rings. The van der Waals surface area contributed by atoms with Crippen molar-refractivity contribution in [3.8, 4) is 0 Å². The lowest BCUT2D eigenvalue weighted by atomic mass is 9.86. The number of benzene rings is 1. The van der Waals surface area contributed by atoms with Crippen LogP contribution in [0.4, 0.5) is 10.8 Å². The van der Waals surface area contributed by atoms with E-state index in [4.69, 9.17) is 5.73 Å². The fraction of sp³-hybridized carbons (Fsp3) is 0.286. The number of nitrogen functional groups attached to an aromatic ring is 1. The zero-order chi connectivity index (χ0) is 14.0. The lowest BCUT2D eigenvalue weighted by Gasteiger charge is -2.22. The van der Waals surface area contributed by atoms with E-state index in [1.807, 2.05) is 24.3 Å². The second-order valence-corrected chi connectivity index (χ2v) is 6.21. The number of anilines is 2. The maximum Gasteiger partial charge on any atom is 0.275 e. The third-order valence-electron chi connectivity index (χ3n) is 2.74. The molecule has 0 saturated heterocycles. The Labute approximate surface area is 116 Å². The Bertz CT molecular complexity index is 599. The second-order valence-electron chi connectivity index (χ2n) is 5.32. The minimum Gasteiger partial charge on any atom is -0.375 e. The lowest BCUT2D eigenvalue weighted by Crippen LogP contribution is -2.18. The first-order chi connectivity index (χ1) is 8.88. The van der Waals surface area contributed by atoms with E-state index in [-0.39, 0.29) is 11.3 Å². The first kappa shape index (κ1) is 13.5. The summed E-state index contributed by atoms with van der Waals surface area (Å²) in [5, 5.41) is 4.95. The number of hydrogen-bond acceptors (Lipinski definition) is 4. The van der Waals surface area contributed by atoms with Crippen LogP contribution in [0.3, 0.4) is 0 Å². The van der Waals surface area contributed by atoms with Crippen LogP contribution in [0.5, 0.6) is 0 Å². The van der Waals surface area contributed by atoms with Crippen molar-refractivity contribution < 1.29 is 4.79 Å². The van der Waals surface area contributed by atoms with Gasteiger partial charge in [0.2, 0.25) is 0 Å². The number of rotatable bonds is 2. The summed E-state index contributed by atoms with van der Waals surface area (Å²) in [6.45, 7) is 6.33. The second kappa shape index (κ2) is 5.01. The molecule has 1 amide bonds. The standard InChI is InChI=1S/C14H17N3OS/c1-14(2,3)9-6-4-5-7-10(9)16-12(18)11-8-19-13(15)17-11/h4-8H,1-3H3,(H2,15,17)(H,16,18). The van der Waals surface area contributed by atoms with E-state index in [9.17, 15) is 4.79 Å². The predicted octanol–water partition coefficient (Wildman–Crippen LogP) is 3.28. The summed E-state index contributed by atoms with van der Waals surface area (Å²) in [5.41, 5.74) is 7.75. The number of para-hydroxylation sites is 1. The number of hydrogen-bond donors (Lipinski definition) is 2. The van der Waals surface area contributed by atoms with Gasteiger partial charge in [0.25, 0.3) is 5.91 Å². The number of nitrogens with one attached hydrogen (secondary N) is 1. The van der Waals surface area contributed by atoms with Crippen molar-refractivity contribution in [1.29, 1.82) is 0 Å². The highest BCUT2D eigenvalue weighted by Gasteiger charge is 2.19. The Kier molecular flexibility index (Phi) is 3.57. The molecule has 0 fully saturated rings. The highest BCUT2D eigenvalue weighted by atomic mass is 32.1. The fourth-order valence-electron chi connectivity index (χ4n) is 1.82. The van der Waals surface area contributed by atoms with Crippen LogP contribution in [0.1, 0.15) is 36.8 Å². The molecule has 0 unspecified atom stereocenters. The molecule has 0 atom stereocenters. The average molecular weight is 275 g/mol. The van der Waals surface area contributed by atoms with Gasteiger partial charge in [-0.15, -0.1) is 11.3 Å². The molecule has 19 heavy (non-hydrogen) atoms. The minimum absolute atomic E-state index is 0.0367. The largest absolute Gasteiger partial charge is 0.375 e. The molecule has 4 nitrogen and oxygen atoms in total. The van der Waals surface area contributed by atoms with E-state index < -0.39 is 0 Å². The van der Waals surface area contributed by atoms with Gasteiger partial charge in [0.05, 0.1) is 0 Å². The number of carbonyl (C=O) groups excluding carboxylic acids is 1. The number of aromatic nitrogens is 1. The van der Waals surface area contributed by atoms with E-state index in [1.54, 1.807) is 5.38 Å². The summed E-state index contributed by atoms with van der Waals surface area (Å²) in [4.78, 5) is 16.1. The highest BCUT2D eigenvalue weighted by Crippen LogP contribution is 2.29. The van der Waals surface area contributed by atoms with Crippen LogP contribution in [0.15, 0.2) is 29.6 Å². The van der Waals surface area contributed by atoms with Crippen molar-refractivity contribution in [3.63, 3.8) is 0 Å². The first-order valence-electron chi connectivity index (χ1n) is 6.00. The Morgan fingerprint density at radius 1 is 1.32 bits per heavy atom. The van der Waals surface area contributed by atoms with Gasteiger partial charge in [0, 0.05) is 11.1 Å². The third-order valence-corrected chi connectivity index (χ3v) is 3.41. The molecule has 0 aliphatic carbocycles. The van der Waals surface area contributed by atoms with Gasteiger partial charge in [0.1, 0.15) is 5.69 Å². The Morgan fingerprint density at radius 3 is 2.58 bits per heavy atom. The number of amides is 1. The van der Waals surface area contributed by atoms with E-state index in [1.165, 1.54) is 11.3 Å². The Balaban J connectivity index is 2.27. The van der Waals surface area contributed by atoms with Gasteiger partial charge >= 0.3 is 0 Å². The van der Waals surface area contributed by atoms with Crippen molar-refractivity contribution in [2.45, 2.75) is 26.2 Å². The van der Waals surface area contributed by atoms with E-state index in [0.29, 0.717) is 10.8 Å². The summed E-state index contributed by atoms with van der Waals surface area (Å²) >= 11 is 1.26. The monoisotopic (exact) mass is 275 g/mol. The molecular weight excluding hydrogens is 258 g/mol. The smallest absolute Gasteiger partial charge is 0.275 e. The molecule has 100 valence electrons. The Hall–Kier alpha value is -1.88. The molecule has 0 aliphatic rings. The van der Waals surface area contributed by atoms with Crippen LogP contribution in [-0.4, -0.2) is 10.9 Å². The van der Waals surface area contributed by atoms with Crippen molar-refractivity contribution >= 4 is 28.1 Å². The number of nitrogens with two attached hydrogens (primary N) is 1. The van der Waals surface area contributed by atoms with E-state index in [0.717, 1.165) is 11.3 Å². The van der Waals surface area contributed by atoms with Crippen molar-refractivity contribution in [1.82, 2.24) is 4.98 Å². The van der Waals surface area contributed by atoms with Gasteiger partial charge in [0.15, 0.2) is 5.13 Å². The first-order valence-corrected chi connectivity index (χ1v) is 6.88. The number of carbonyl (C=O) groups is 1. The minimum atomic E-state index is -0.232. The van der Waals surface area contributed by atoms with Gasteiger partial charge in [-0.25, -0.2) is 4.98 Å². The topological polar surface area (TPSA) is 68.0 Å². The summed E-state index contributed by atoms with van der Waals surface area (Å²) in [7, 11) is 0.